The highest BCUT2D eigenvalue weighted by Crippen LogP contribution is 2.13. The molecule has 6 atom stereocenters. The zero-order valence-corrected chi connectivity index (χ0v) is 32.4. The third kappa shape index (κ3) is 18.9. The molecule has 0 heterocycles. The molecular weight excluding hydrogens is 748 g/mol. The number of carbonyl (C=O) groups excluding carboxylic acids is 8. The van der Waals surface area contributed by atoms with Crippen LogP contribution in [0.5, 0.6) is 5.75 Å². The van der Waals surface area contributed by atoms with Crippen LogP contribution in [0.3, 0.4) is 0 Å². The van der Waals surface area contributed by atoms with Gasteiger partial charge in [-0.2, -0.15) is 0 Å². The number of nitrogens with zero attached hydrogens (tertiary/aromatic N) is 1. The van der Waals surface area contributed by atoms with Crippen molar-refractivity contribution in [1.29, 1.82) is 0 Å². The highest BCUT2D eigenvalue weighted by Gasteiger charge is 2.34. The fourth-order valence-electron chi connectivity index (χ4n) is 5.34. The Bertz CT molecular complexity index is 1550. The summed E-state index contributed by atoms with van der Waals surface area (Å²) in [7, 11) is 0. The van der Waals surface area contributed by atoms with Crippen LogP contribution in [0, 0.1) is 5.92 Å². The molecule has 0 fully saturated rings. The van der Waals surface area contributed by atoms with Crippen molar-refractivity contribution in [3.63, 3.8) is 0 Å². The second kappa shape index (κ2) is 25.2. The molecule has 57 heavy (non-hydrogen) atoms. The van der Waals surface area contributed by atoms with Crippen LogP contribution in [0.4, 0.5) is 0 Å². The molecule has 1 rings (SSSR count). The van der Waals surface area contributed by atoms with Crippen LogP contribution >= 0.6 is 0 Å². The number of aliphatic imine (C=N–C) groups is 1. The second-order valence-corrected chi connectivity index (χ2v) is 13.6. The number of amides is 8. The summed E-state index contributed by atoms with van der Waals surface area (Å²) in [4.78, 5) is 107. The minimum Gasteiger partial charge on any atom is -0.508 e. The Labute approximate surface area is 330 Å². The van der Waals surface area contributed by atoms with Crippen LogP contribution < -0.4 is 60.6 Å². The molecule has 22 nitrogen and oxygen atoms in total. The van der Waals surface area contributed by atoms with E-state index >= 15 is 0 Å². The van der Waals surface area contributed by atoms with Gasteiger partial charge in [-0.15, -0.1) is 0 Å². The van der Waals surface area contributed by atoms with Crippen LogP contribution in [-0.2, 0) is 44.8 Å². The number of aromatic hydroxyl groups is 1. The highest BCUT2D eigenvalue weighted by molar-refractivity contribution is 5.97. The van der Waals surface area contributed by atoms with Gasteiger partial charge in [0.1, 0.15) is 42.0 Å². The van der Waals surface area contributed by atoms with Crippen molar-refractivity contribution in [2.75, 3.05) is 19.7 Å². The summed E-state index contributed by atoms with van der Waals surface area (Å²) in [6, 6.07) is -2.51. The maximum Gasteiger partial charge on any atom is 0.245 e. The normalized spacial score (nSPS) is 14.0. The van der Waals surface area contributed by atoms with E-state index in [-0.39, 0.29) is 43.9 Å². The highest BCUT2D eigenvalue weighted by atomic mass is 16.3. The lowest BCUT2D eigenvalue weighted by molar-refractivity contribution is -0.136. The third-order valence-corrected chi connectivity index (χ3v) is 8.36. The Morgan fingerprint density at radius 2 is 1.19 bits per heavy atom. The average Bonchev–Trinajstić information content (AvgIpc) is 3.12. The van der Waals surface area contributed by atoms with E-state index in [9.17, 15) is 48.6 Å². The van der Waals surface area contributed by atoms with Crippen molar-refractivity contribution in [2.45, 2.75) is 102 Å². The monoisotopic (exact) mass is 806 g/mol. The molecule has 22 heteroatoms. The number of benzene rings is 1. The van der Waals surface area contributed by atoms with Crippen molar-refractivity contribution >= 4 is 53.2 Å². The van der Waals surface area contributed by atoms with Crippen LogP contribution in [0.1, 0.15) is 64.9 Å². The number of hydrogen-bond acceptors (Lipinski definition) is 12. The SMILES string of the molecule is CC(=O)N[C@@H](CC(N)=O)C(=O)N[C@H](C(=O)N[C@@H](CCCN=C(N)N)C(=O)N[C@@H](CO)C(=O)N[C@@H](Cc1ccc(O)cc1)C(=O)N[C@@H](CCCCN)C(N)=O)C(C)C. The van der Waals surface area contributed by atoms with Crippen molar-refractivity contribution in [3.8, 4) is 5.75 Å². The zero-order valence-electron chi connectivity index (χ0n) is 32.4. The Balaban J connectivity index is 3.34. The standard InChI is InChI=1S/C35H58N12O10/c1-18(2)28(47-32(55)25(16-27(37)51)42-19(3)49)34(57)44-23(8-6-14-41-35(39)40)30(53)46-26(17-48)33(56)45-24(15-20-9-11-21(50)12-10-20)31(54)43-22(29(38)52)7-4-5-13-36/h9-12,18,22-26,28,48,50H,4-8,13-17,36H2,1-3H3,(H2,37,51)(H2,38,52)(H,42,49)(H,43,54)(H,44,57)(H,45,56)(H,46,53)(H,47,55)(H4,39,40,41)/t22-,23-,24-,25-,26-,28-/m0/s1. The van der Waals surface area contributed by atoms with E-state index in [1.807, 2.05) is 0 Å². The number of carbonyl (C=O) groups is 8. The lowest BCUT2D eigenvalue weighted by Crippen LogP contribution is -2.61. The van der Waals surface area contributed by atoms with Crippen LogP contribution in [0.2, 0.25) is 0 Å². The van der Waals surface area contributed by atoms with Gasteiger partial charge >= 0.3 is 0 Å². The van der Waals surface area contributed by atoms with E-state index < -0.39 is 102 Å². The van der Waals surface area contributed by atoms with Gasteiger partial charge in [0.05, 0.1) is 13.0 Å². The number of nitrogens with one attached hydrogen (secondary N) is 6. The van der Waals surface area contributed by atoms with Crippen LogP contribution in [0.15, 0.2) is 29.3 Å². The number of aliphatic hydroxyl groups is 1. The minimum atomic E-state index is -1.67. The Kier molecular flexibility index (Phi) is 21.7. The maximum absolute atomic E-state index is 13.7. The topological polar surface area (TPSA) is 392 Å². The van der Waals surface area contributed by atoms with E-state index in [0.717, 1.165) is 6.92 Å². The average molecular weight is 807 g/mol. The fourth-order valence-corrected chi connectivity index (χ4v) is 5.34. The molecule has 0 unspecified atom stereocenters. The molecule has 8 amide bonds. The lowest BCUT2D eigenvalue weighted by Gasteiger charge is -2.28. The van der Waals surface area contributed by atoms with E-state index in [0.29, 0.717) is 24.9 Å². The number of hydrogen-bond donors (Lipinski definition) is 13. The number of phenolic OH excluding ortho intramolecular Hbond substituents is 1. The van der Waals surface area contributed by atoms with Crippen molar-refractivity contribution < 1.29 is 48.6 Å². The first-order valence-corrected chi connectivity index (χ1v) is 18.3. The maximum atomic E-state index is 13.7. The molecule has 1 aromatic rings. The van der Waals surface area contributed by atoms with E-state index in [2.05, 4.69) is 36.9 Å². The molecule has 0 aliphatic rings. The first kappa shape index (κ1) is 49.0. The smallest absolute Gasteiger partial charge is 0.245 e. The number of aliphatic hydroxyl groups excluding tert-OH is 1. The molecule has 18 N–H and O–H groups in total. The van der Waals surface area contributed by atoms with Crippen molar-refractivity contribution in [3.05, 3.63) is 29.8 Å². The molecule has 318 valence electrons. The molecule has 0 radical (unpaired) electrons. The Hall–Kier alpha value is -6.03. The van der Waals surface area contributed by atoms with Crippen LogP contribution in [0.25, 0.3) is 0 Å². The van der Waals surface area contributed by atoms with E-state index in [1.54, 1.807) is 13.8 Å². The van der Waals surface area contributed by atoms with Gasteiger partial charge in [-0.25, -0.2) is 0 Å². The quantitative estimate of drug-likeness (QED) is 0.0237. The fraction of sp³-hybridized carbons (Fsp3) is 0.571. The van der Waals surface area contributed by atoms with Crippen molar-refractivity contribution in [2.24, 2.45) is 39.6 Å². The number of phenols is 1. The number of unbranched alkanes of at least 4 members (excludes halogenated alkanes) is 1. The Morgan fingerprint density at radius 1 is 0.667 bits per heavy atom. The summed E-state index contributed by atoms with van der Waals surface area (Å²) in [5, 5.41) is 34.6. The summed E-state index contributed by atoms with van der Waals surface area (Å²) >= 11 is 0. The molecule has 0 bridgehead atoms. The molecule has 0 spiro atoms. The van der Waals surface area contributed by atoms with Gasteiger partial charge in [-0.1, -0.05) is 26.0 Å². The summed E-state index contributed by atoms with van der Waals surface area (Å²) in [5.74, 6) is -7.74. The first-order chi connectivity index (χ1) is 26.8. The van der Waals surface area contributed by atoms with E-state index in [4.69, 9.17) is 28.7 Å². The molecule has 0 saturated carbocycles. The number of primary amides is 2. The van der Waals surface area contributed by atoms with Crippen LogP contribution in [-0.4, -0.2) is 119 Å². The number of rotatable bonds is 26. The largest absolute Gasteiger partial charge is 0.508 e. The summed E-state index contributed by atoms with van der Waals surface area (Å²) in [6.45, 7) is 3.72. The summed E-state index contributed by atoms with van der Waals surface area (Å²) in [6.07, 6.45) is 0.530. The zero-order chi connectivity index (χ0) is 43.2. The van der Waals surface area contributed by atoms with Crippen molar-refractivity contribution in [1.82, 2.24) is 31.9 Å². The lowest BCUT2D eigenvalue weighted by atomic mass is 10.0. The molecule has 0 aliphatic carbocycles. The minimum absolute atomic E-state index is 0.0360. The van der Waals surface area contributed by atoms with E-state index in [1.165, 1.54) is 24.3 Å². The number of guanidine groups is 1. The van der Waals surface area contributed by atoms with Gasteiger partial charge in [-0.3, -0.25) is 43.3 Å². The van der Waals surface area contributed by atoms with Gasteiger partial charge in [0.25, 0.3) is 0 Å². The first-order valence-electron chi connectivity index (χ1n) is 18.3. The molecule has 1 aromatic carbocycles. The molecular formula is C35H58N12O10. The van der Waals surface area contributed by atoms with Gasteiger partial charge in [0, 0.05) is 19.9 Å². The predicted molar refractivity (Wildman–Crippen MR) is 207 cm³/mol. The van der Waals surface area contributed by atoms with Gasteiger partial charge in [0.2, 0.25) is 47.3 Å². The van der Waals surface area contributed by atoms with Gasteiger partial charge < -0.3 is 70.8 Å². The second-order valence-electron chi connectivity index (χ2n) is 13.6. The van der Waals surface area contributed by atoms with Gasteiger partial charge in [0.15, 0.2) is 5.96 Å². The predicted octanol–water partition coefficient (Wildman–Crippen LogP) is -4.95. The summed E-state index contributed by atoms with van der Waals surface area (Å²) < 4.78 is 0. The van der Waals surface area contributed by atoms with Gasteiger partial charge in [-0.05, 0) is 62.3 Å². The molecule has 0 aromatic heterocycles. The number of nitrogens with two attached hydrogens (primary N) is 5. The Morgan fingerprint density at radius 3 is 1.72 bits per heavy atom. The molecule has 0 saturated heterocycles. The summed E-state index contributed by atoms with van der Waals surface area (Å²) in [5.41, 5.74) is 27.6. The molecule has 0 aliphatic heterocycles. The third-order valence-electron chi connectivity index (χ3n) is 8.36.